The van der Waals surface area contributed by atoms with E-state index < -0.39 is 6.04 Å². The maximum atomic E-state index is 12.9. The van der Waals surface area contributed by atoms with E-state index in [1.54, 1.807) is 0 Å². The van der Waals surface area contributed by atoms with Gasteiger partial charge in [-0.2, -0.15) is 0 Å². The van der Waals surface area contributed by atoms with Gasteiger partial charge in [-0.15, -0.1) is 0 Å². The topological polar surface area (TPSA) is 49.4 Å². The lowest BCUT2D eigenvalue weighted by atomic mass is 9.87. The largest absolute Gasteiger partial charge is 0.351 e. The third-order valence-corrected chi connectivity index (χ3v) is 5.55. The molecule has 0 spiro atoms. The Hall–Kier alpha value is -1.84. The van der Waals surface area contributed by atoms with Crippen molar-refractivity contribution < 1.29 is 9.59 Å². The van der Waals surface area contributed by atoms with Gasteiger partial charge in [-0.1, -0.05) is 25.1 Å². The fourth-order valence-corrected chi connectivity index (χ4v) is 4.02. The number of carbonyl (C=O) groups excluding carboxylic acids is 2. The predicted molar refractivity (Wildman–Crippen MR) is 87.9 cm³/mol. The molecule has 1 unspecified atom stereocenters. The molecule has 2 aliphatic carbocycles. The summed E-state index contributed by atoms with van der Waals surface area (Å²) in [5, 5.41) is 3.22. The van der Waals surface area contributed by atoms with E-state index in [1.165, 1.54) is 12.8 Å². The number of hydrogen-bond acceptors (Lipinski definition) is 2. The van der Waals surface area contributed by atoms with Crippen LogP contribution in [0.1, 0.15) is 67.4 Å². The van der Waals surface area contributed by atoms with Crippen molar-refractivity contribution in [3.8, 4) is 0 Å². The Morgan fingerprint density at radius 3 is 2.48 bits per heavy atom. The van der Waals surface area contributed by atoms with Crippen molar-refractivity contribution in [1.82, 2.24) is 10.2 Å². The second-order valence-electron chi connectivity index (χ2n) is 7.40. The third kappa shape index (κ3) is 2.64. The second-order valence-corrected chi connectivity index (χ2v) is 7.40. The summed E-state index contributed by atoms with van der Waals surface area (Å²) < 4.78 is 0. The van der Waals surface area contributed by atoms with Gasteiger partial charge in [0.05, 0.1) is 0 Å². The van der Waals surface area contributed by atoms with Gasteiger partial charge in [-0.05, 0) is 56.1 Å². The van der Waals surface area contributed by atoms with E-state index in [1.807, 2.05) is 29.2 Å². The van der Waals surface area contributed by atoms with Crippen molar-refractivity contribution in [2.24, 2.45) is 5.92 Å². The molecule has 122 valence electrons. The molecule has 3 aliphatic rings. The summed E-state index contributed by atoms with van der Waals surface area (Å²) in [5.74, 6) is 0.801. The molecule has 4 rings (SSSR count). The molecule has 1 atom stereocenters. The number of nitrogens with one attached hydrogen (secondary N) is 1. The van der Waals surface area contributed by atoms with Crippen molar-refractivity contribution >= 4 is 11.8 Å². The zero-order valence-electron chi connectivity index (χ0n) is 13.6. The first kappa shape index (κ1) is 14.7. The highest BCUT2D eigenvalue weighted by Crippen LogP contribution is 2.42. The Kier molecular flexibility index (Phi) is 3.63. The lowest BCUT2D eigenvalue weighted by molar-refractivity contribution is -0.126. The molecule has 1 heterocycles. The predicted octanol–water partition coefficient (Wildman–Crippen LogP) is 3.04. The van der Waals surface area contributed by atoms with Crippen LogP contribution in [0.5, 0.6) is 0 Å². The fraction of sp³-hybridized carbons (Fsp3) is 0.579. The summed E-state index contributed by atoms with van der Waals surface area (Å²) in [6.45, 7) is 2.28. The number of amides is 2. The molecule has 0 bridgehead atoms. The summed E-state index contributed by atoms with van der Waals surface area (Å²) in [7, 11) is 0. The minimum atomic E-state index is -0.425. The molecule has 0 radical (unpaired) electrons. The Morgan fingerprint density at radius 1 is 1.09 bits per heavy atom. The van der Waals surface area contributed by atoms with E-state index in [2.05, 4.69) is 12.2 Å². The molecule has 1 aromatic carbocycles. The lowest BCUT2D eigenvalue weighted by Gasteiger charge is -2.30. The third-order valence-electron chi connectivity index (χ3n) is 5.55. The van der Waals surface area contributed by atoms with Crippen LogP contribution >= 0.6 is 0 Å². The molecule has 2 amide bonds. The van der Waals surface area contributed by atoms with Crippen LogP contribution in [0.25, 0.3) is 0 Å². The maximum Gasteiger partial charge on any atom is 0.255 e. The summed E-state index contributed by atoms with van der Waals surface area (Å²) in [6.07, 6.45) is 6.50. The summed E-state index contributed by atoms with van der Waals surface area (Å²) >= 11 is 0. The number of rotatable bonds is 3. The first-order valence-electron chi connectivity index (χ1n) is 8.87. The van der Waals surface area contributed by atoms with Crippen molar-refractivity contribution in [2.45, 2.75) is 63.6 Å². The van der Waals surface area contributed by atoms with Gasteiger partial charge in [0.2, 0.25) is 5.91 Å². The van der Waals surface area contributed by atoms with Crippen molar-refractivity contribution in [2.75, 3.05) is 0 Å². The van der Waals surface area contributed by atoms with Gasteiger partial charge in [0, 0.05) is 17.6 Å². The van der Waals surface area contributed by atoms with Crippen molar-refractivity contribution in [3.05, 3.63) is 35.4 Å². The van der Waals surface area contributed by atoms with E-state index in [4.69, 9.17) is 0 Å². The van der Waals surface area contributed by atoms with Crippen molar-refractivity contribution in [1.29, 1.82) is 0 Å². The highest BCUT2D eigenvalue weighted by molar-refractivity contribution is 6.05. The van der Waals surface area contributed by atoms with Crippen LogP contribution in [-0.4, -0.2) is 28.8 Å². The molecule has 23 heavy (non-hydrogen) atoms. The molecular weight excluding hydrogens is 288 g/mol. The van der Waals surface area contributed by atoms with E-state index >= 15 is 0 Å². The number of hydrogen-bond donors (Lipinski definition) is 1. The Balaban J connectivity index is 1.55. The van der Waals surface area contributed by atoms with Crippen LogP contribution in [0.2, 0.25) is 0 Å². The maximum absolute atomic E-state index is 12.9. The minimum Gasteiger partial charge on any atom is -0.351 e. The van der Waals surface area contributed by atoms with E-state index in [0.29, 0.717) is 5.56 Å². The summed E-state index contributed by atoms with van der Waals surface area (Å²) in [6, 6.07) is 7.67. The molecule has 1 aromatic rings. The Labute approximate surface area is 137 Å². The van der Waals surface area contributed by atoms with Gasteiger partial charge in [0.1, 0.15) is 6.04 Å². The Morgan fingerprint density at radius 2 is 1.78 bits per heavy atom. The zero-order chi connectivity index (χ0) is 16.0. The average Bonchev–Trinajstić information content (AvgIpc) is 3.34. The molecule has 2 fully saturated rings. The molecule has 1 aliphatic heterocycles. The summed E-state index contributed by atoms with van der Waals surface area (Å²) in [5.41, 5.74) is 1.59. The normalized spacial score (nSPS) is 30.2. The SMILES string of the molecule is CC1CCC(NC(=O)C2c3ccccc3C(=O)N2C2CC2)CC1. The molecule has 0 aromatic heterocycles. The molecule has 4 heteroatoms. The smallest absolute Gasteiger partial charge is 0.255 e. The second kappa shape index (κ2) is 5.66. The van der Waals surface area contributed by atoms with Gasteiger partial charge in [-0.25, -0.2) is 0 Å². The first-order chi connectivity index (χ1) is 11.1. The molecule has 4 nitrogen and oxygen atoms in total. The van der Waals surface area contributed by atoms with Crippen LogP contribution in [0.4, 0.5) is 0 Å². The van der Waals surface area contributed by atoms with Gasteiger partial charge < -0.3 is 10.2 Å². The van der Waals surface area contributed by atoms with Gasteiger partial charge in [0.15, 0.2) is 0 Å². The van der Waals surface area contributed by atoms with Gasteiger partial charge in [-0.3, -0.25) is 9.59 Å². The van der Waals surface area contributed by atoms with Crippen LogP contribution in [0, 0.1) is 5.92 Å². The minimum absolute atomic E-state index is 0.00903. The standard InChI is InChI=1S/C19H24N2O2/c1-12-6-8-13(9-7-12)20-18(22)17-15-4-2-3-5-16(15)19(23)21(17)14-10-11-14/h2-5,12-14,17H,6-11H2,1H3,(H,20,22). The van der Waals surface area contributed by atoms with Crippen LogP contribution in [0.3, 0.4) is 0 Å². The number of nitrogens with zero attached hydrogens (tertiary/aromatic N) is 1. The van der Waals surface area contributed by atoms with Crippen LogP contribution in [0.15, 0.2) is 24.3 Å². The number of fused-ring (bicyclic) bond motifs is 1. The molecule has 1 N–H and O–H groups in total. The lowest BCUT2D eigenvalue weighted by Crippen LogP contribution is -2.45. The van der Waals surface area contributed by atoms with Crippen LogP contribution < -0.4 is 5.32 Å². The van der Waals surface area contributed by atoms with Crippen LogP contribution in [-0.2, 0) is 4.79 Å². The quantitative estimate of drug-likeness (QED) is 0.932. The Bertz CT molecular complexity index is 630. The van der Waals surface area contributed by atoms with E-state index in [9.17, 15) is 9.59 Å². The average molecular weight is 312 g/mol. The number of carbonyl (C=O) groups is 2. The van der Waals surface area contributed by atoms with E-state index in [-0.39, 0.29) is 23.9 Å². The highest BCUT2D eigenvalue weighted by atomic mass is 16.2. The highest BCUT2D eigenvalue weighted by Gasteiger charge is 2.47. The van der Waals surface area contributed by atoms with E-state index in [0.717, 1.165) is 37.2 Å². The first-order valence-corrected chi connectivity index (χ1v) is 8.87. The van der Waals surface area contributed by atoms with Gasteiger partial charge >= 0.3 is 0 Å². The fourth-order valence-electron chi connectivity index (χ4n) is 4.02. The monoisotopic (exact) mass is 312 g/mol. The zero-order valence-corrected chi connectivity index (χ0v) is 13.6. The van der Waals surface area contributed by atoms with Gasteiger partial charge in [0.25, 0.3) is 5.91 Å². The van der Waals surface area contributed by atoms with Crippen molar-refractivity contribution in [3.63, 3.8) is 0 Å². The molecule has 2 saturated carbocycles. The molecule has 0 saturated heterocycles. The summed E-state index contributed by atoms with van der Waals surface area (Å²) in [4.78, 5) is 27.4. The number of benzene rings is 1. The molecular formula is C19H24N2O2.